The van der Waals surface area contributed by atoms with Crippen molar-refractivity contribution >= 4 is 0 Å². The van der Waals surface area contributed by atoms with Crippen molar-refractivity contribution in [1.29, 1.82) is 0 Å². The Morgan fingerprint density at radius 1 is 1.54 bits per heavy atom. The maximum atomic E-state index is 13.3. The van der Waals surface area contributed by atoms with Gasteiger partial charge in [-0.3, -0.25) is 0 Å². The summed E-state index contributed by atoms with van der Waals surface area (Å²) in [6, 6.07) is 4.82. The molecule has 70 valence electrons. The van der Waals surface area contributed by atoms with E-state index in [2.05, 4.69) is 0 Å². The Kier molecular flexibility index (Phi) is 2.19. The van der Waals surface area contributed by atoms with Gasteiger partial charge in [0.1, 0.15) is 11.6 Å². The third-order valence-electron chi connectivity index (χ3n) is 2.34. The molecule has 1 N–H and O–H groups in total. The van der Waals surface area contributed by atoms with Crippen molar-refractivity contribution in [2.75, 3.05) is 13.2 Å². The van der Waals surface area contributed by atoms with Gasteiger partial charge in [0.05, 0.1) is 6.61 Å². The Morgan fingerprint density at radius 2 is 2.38 bits per heavy atom. The van der Waals surface area contributed by atoms with Crippen LogP contribution in [0.15, 0.2) is 18.2 Å². The quantitative estimate of drug-likeness (QED) is 0.754. The summed E-state index contributed by atoms with van der Waals surface area (Å²) in [5, 5.41) is 8.77. The molecule has 0 saturated carbocycles. The van der Waals surface area contributed by atoms with Crippen molar-refractivity contribution in [2.45, 2.75) is 12.3 Å². The van der Waals surface area contributed by atoms with E-state index >= 15 is 0 Å². The van der Waals surface area contributed by atoms with Gasteiger partial charge in [0, 0.05) is 18.1 Å². The van der Waals surface area contributed by atoms with E-state index < -0.39 is 0 Å². The van der Waals surface area contributed by atoms with Gasteiger partial charge in [-0.05, 0) is 18.6 Å². The maximum Gasteiger partial charge on any atom is 0.130 e. The number of halogens is 1. The molecule has 1 aromatic carbocycles. The van der Waals surface area contributed by atoms with Crippen molar-refractivity contribution in [2.24, 2.45) is 0 Å². The Bertz CT molecular complexity index is 310. The number of fused-ring (bicyclic) bond motifs is 1. The molecule has 1 unspecified atom stereocenters. The van der Waals surface area contributed by atoms with E-state index in [1.165, 1.54) is 6.07 Å². The molecule has 0 bridgehead atoms. The molecule has 0 aromatic heterocycles. The first kappa shape index (κ1) is 8.51. The maximum absolute atomic E-state index is 13.3. The number of ether oxygens (including phenoxy) is 1. The number of rotatable bonds is 2. The van der Waals surface area contributed by atoms with Gasteiger partial charge in [-0.2, -0.15) is 0 Å². The number of aliphatic hydroxyl groups excluding tert-OH is 1. The summed E-state index contributed by atoms with van der Waals surface area (Å²) in [7, 11) is 0. The zero-order valence-corrected chi connectivity index (χ0v) is 7.16. The van der Waals surface area contributed by atoms with Gasteiger partial charge in [0.25, 0.3) is 0 Å². The van der Waals surface area contributed by atoms with Crippen LogP contribution in [-0.2, 0) is 0 Å². The summed E-state index contributed by atoms with van der Waals surface area (Å²) in [4.78, 5) is 0. The molecule has 1 atom stereocenters. The summed E-state index contributed by atoms with van der Waals surface area (Å²) < 4.78 is 18.6. The lowest BCUT2D eigenvalue weighted by molar-refractivity contribution is 0.254. The molecule has 0 amide bonds. The van der Waals surface area contributed by atoms with Crippen LogP contribution in [0.4, 0.5) is 4.39 Å². The highest BCUT2D eigenvalue weighted by Gasteiger charge is 2.26. The Hall–Kier alpha value is -1.09. The van der Waals surface area contributed by atoms with Crippen LogP contribution in [0.5, 0.6) is 5.75 Å². The van der Waals surface area contributed by atoms with Crippen LogP contribution in [0.25, 0.3) is 0 Å². The number of hydrogen-bond acceptors (Lipinski definition) is 2. The molecule has 1 aromatic rings. The zero-order chi connectivity index (χ0) is 9.26. The molecule has 13 heavy (non-hydrogen) atoms. The Balaban J connectivity index is 2.34. The molecule has 0 fully saturated rings. The van der Waals surface area contributed by atoms with E-state index in [1.54, 1.807) is 12.1 Å². The summed E-state index contributed by atoms with van der Waals surface area (Å²) >= 11 is 0. The molecule has 0 aliphatic carbocycles. The monoisotopic (exact) mass is 182 g/mol. The second-order valence-corrected chi connectivity index (χ2v) is 3.17. The van der Waals surface area contributed by atoms with E-state index in [9.17, 15) is 4.39 Å². The minimum Gasteiger partial charge on any atom is -0.493 e. The summed E-state index contributed by atoms with van der Waals surface area (Å²) in [6.07, 6.45) is 0.563. The zero-order valence-electron chi connectivity index (χ0n) is 7.16. The van der Waals surface area contributed by atoms with E-state index in [4.69, 9.17) is 9.84 Å². The van der Waals surface area contributed by atoms with Crippen LogP contribution in [0.3, 0.4) is 0 Å². The highest BCUT2D eigenvalue weighted by atomic mass is 19.1. The standard InChI is InChI=1S/C10H11FO2/c11-8-2-1-3-9-10(8)7(4-5-12)6-13-9/h1-3,7,12H,4-6H2. The molecule has 1 aliphatic rings. The Labute approximate surface area is 76.0 Å². The highest BCUT2D eigenvalue weighted by Crippen LogP contribution is 2.37. The molecule has 0 saturated heterocycles. The number of hydrogen-bond donors (Lipinski definition) is 1. The predicted molar refractivity (Wildman–Crippen MR) is 46.3 cm³/mol. The molecule has 0 spiro atoms. The third-order valence-corrected chi connectivity index (χ3v) is 2.34. The van der Waals surface area contributed by atoms with Crippen LogP contribution in [0.1, 0.15) is 17.9 Å². The third kappa shape index (κ3) is 1.40. The second-order valence-electron chi connectivity index (χ2n) is 3.17. The summed E-state index contributed by atoms with van der Waals surface area (Å²) in [5.41, 5.74) is 0.622. The molecule has 1 aliphatic heterocycles. The largest absolute Gasteiger partial charge is 0.493 e. The normalized spacial score (nSPS) is 19.7. The van der Waals surface area contributed by atoms with Crippen LogP contribution in [0.2, 0.25) is 0 Å². The minimum absolute atomic E-state index is 0.0150. The minimum atomic E-state index is -0.228. The molecule has 0 radical (unpaired) electrons. The van der Waals surface area contributed by atoms with Gasteiger partial charge in [-0.1, -0.05) is 6.07 Å². The fraction of sp³-hybridized carbons (Fsp3) is 0.400. The van der Waals surface area contributed by atoms with Crippen molar-refractivity contribution < 1.29 is 14.2 Å². The van der Waals surface area contributed by atoms with Crippen molar-refractivity contribution in [3.05, 3.63) is 29.6 Å². The van der Waals surface area contributed by atoms with E-state index in [0.717, 1.165) is 0 Å². The van der Waals surface area contributed by atoms with Crippen LogP contribution in [0, 0.1) is 5.82 Å². The van der Waals surface area contributed by atoms with Crippen LogP contribution in [-0.4, -0.2) is 18.3 Å². The number of benzene rings is 1. The van der Waals surface area contributed by atoms with Crippen LogP contribution >= 0.6 is 0 Å². The lowest BCUT2D eigenvalue weighted by atomic mass is 9.98. The average Bonchev–Trinajstić information content (AvgIpc) is 2.51. The van der Waals surface area contributed by atoms with Gasteiger partial charge in [-0.25, -0.2) is 4.39 Å². The van der Waals surface area contributed by atoms with Gasteiger partial charge < -0.3 is 9.84 Å². The van der Waals surface area contributed by atoms with Crippen molar-refractivity contribution in [3.63, 3.8) is 0 Å². The van der Waals surface area contributed by atoms with Crippen molar-refractivity contribution in [1.82, 2.24) is 0 Å². The summed E-state index contributed by atoms with van der Waals surface area (Å²) in [6.45, 7) is 0.554. The smallest absolute Gasteiger partial charge is 0.130 e. The molecule has 3 heteroatoms. The lowest BCUT2D eigenvalue weighted by Crippen LogP contribution is -2.03. The first-order valence-electron chi connectivity index (χ1n) is 4.35. The SMILES string of the molecule is OCCC1COc2cccc(F)c21. The van der Waals surface area contributed by atoms with E-state index in [-0.39, 0.29) is 18.3 Å². The number of aliphatic hydroxyl groups is 1. The molecular formula is C10H11FO2. The Morgan fingerprint density at radius 3 is 3.15 bits per heavy atom. The van der Waals surface area contributed by atoms with E-state index in [0.29, 0.717) is 24.3 Å². The highest BCUT2D eigenvalue weighted by molar-refractivity contribution is 5.40. The molecule has 1 heterocycles. The molecule has 2 nitrogen and oxygen atoms in total. The van der Waals surface area contributed by atoms with Gasteiger partial charge in [-0.15, -0.1) is 0 Å². The fourth-order valence-corrected chi connectivity index (χ4v) is 1.70. The average molecular weight is 182 g/mol. The second kappa shape index (κ2) is 3.34. The topological polar surface area (TPSA) is 29.5 Å². The van der Waals surface area contributed by atoms with Gasteiger partial charge >= 0.3 is 0 Å². The predicted octanol–water partition coefficient (Wildman–Crippen LogP) is 1.68. The first-order valence-corrected chi connectivity index (χ1v) is 4.35. The first-order chi connectivity index (χ1) is 6.33. The van der Waals surface area contributed by atoms with Gasteiger partial charge in [0.2, 0.25) is 0 Å². The van der Waals surface area contributed by atoms with Crippen molar-refractivity contribution in [3.8, 4) is 5.75 Å². The van der Waals surface area contributed by atoms with E-state index in [1.807, 2.05) is 0 Å². The summed E-state index contributed by atoms with van der Waals surface area (Å²) in [5.74, 6) is 0.410. The fourth-order valence-electron chi connectivity index (χ4n) is 1.70. The van der Waals surface area contributed by atoms with Crippen LogP contribution < -0.4 is 4.74 Å². The molecular weight excluding hydrogens is 171 g/mol. The van der Waals surface area contributed by atoms with Gasteiger partial charge in [0.15, 0.2) is 0 Å². The molecule has 2 rings (SSSR count). The lowest BCUT2D eigenvalue weighted by Gasteiger charge is -2.06.